The fourth-order valence-electron chi connectivity index (χ4n) is 4.13. The van der Waals surface area contributed by atoms with Gasteiger partial charge >= 0.3 is 0 Å². The zero-order valence-electron chi connectivity index (χ0n) is 18.0. The lowest BCUT2D eigenvalue weighted by atomic mass is 10.0. The molecule has 0 spiro atoms. The van der Waals surface area contributed by atoms with Crippen molar-refractivity contribution < 1.29 is 4.74 Å². The van der Waals surface area contributed by atoms with Gasteiger partial charge in [0, 0.05) is 35.4 Å². The molecule has 6 aromatic rings. The summed E-state index contributed by atoms with van der Waals surface area (Å²) in [6, 6.07) is 28.6. The highest BCUT2D eigenvalue weighted by Gasteiger charge is 2.14. The molecule has 0 radical (unpaired) electrons. The van der Waals surface area contributed by atoms with E-state index in [9.17, 15) is 0 Å². The molecule has 0 bridgehead atoms. The second kappa shape index (κ2) is 7.88. The van der Waals surface area contributed by atoms with E-state index >= 15 is 0 Å². The Morgan fingerprint density at radius 2 is 1.45 bits per heavy atom. The van der Waals surface area contributed by atoms with Crippen molar-refractivity contribution in [2.75, 3.05) is 0 Å². The van der Waals surface area contributed by atoms with Crippen LogP contribution in [0.25, 0.3) is 38.9 Å². The predicted molar refractivity (Wildman–Crippen MR) is 131 cm³/mol. The number of pyridine rings is 1. The van der Waals surface area contributed by atoms with Crippen LogP contribution in [0.4, 0.5) is 0 Å². The maximum atomic E-state index is 5.94. The molecular formula is C28H20N4O. The first-order chi connectivity index (χ1) is 16.3. The van der Waals surface area contributed by atoms with Gasteiger partial charge in [-0.2, -0.15) is 0 Å². The van der Waals surface area contributed by atoms with Crippen molar-refractivity contribution in [1.29, 1.82) is 0 Å². The van der Waals surface area contributed by atoms with Crippen LogP contribution < -0.4 is 4.74 Å². The molecule has 3 heterocycles. The van der Waals surface area contributed by atoms with Crippen LogP contribution in [0.2, 0.25) is 0 Å². The minimum absolute atomic E-state index is 0.571. The van der Waals surface area contributed by atoms with Crippen molar-refractivity contribution in [2.24, 2.45) is 0 Å². The second-order valence-electron chi connectivity index (χ2n) is 7.94. The lowest BCUT2D eigenvalue weighted by Crippen LogP contribution is -2.00. The average molecular weight is 428 g/mol. The van der Waals surface area contributed by atoms with Crippen molar-refractivity contribution in [3.8, 4) is 28.7 Å². The molecule has 5 heteroatoms. The van der Waals surface area contributed by atoms with Crippen LogP contribution in [-0.4, -0.2) is 19.5 Å². The molecule has 0 N–H and O–H groups in total. The summed E-state index contributed by atoms with van der Waals surface area (Å²) in [6.07, 6.45) is 5.43. The predicted octanol–water partition coefficient (Wildman–Crippen LogP) is 6.74. The van der Waals surface area contributed by atoms with Crippen molar-refractivity contribution in [1.82, 2.24) is 19.5 Å². The first-order valence-electron chi connectivity index (χ1n) is 10.8. The zero-order chi connectivity index (χ0) is 22.2. The quantitative estimate of drug-likeness (QED) is 0.312. The highest BCUT2D eigenvalue weighted by atomic mass is 16.5. The highest BCUT2D eigenvalue weighted by Crippen LogP contribution is 2.35. The maximum absolute atomic E-state index is 5.94. The summed E-state index contributed by atoms with van der Waals surface area (Å²) in [6.45, 7) is 1.99. The van der Waals surface area contributed by atoms with E-state index in [-0.39, 0.29) is 0 Å². The molecule has 0 aliphatic carbocycles. The van der Waals surface area contributed by atoms with Crippen molar-refractivity contribution in [3.63, 3.8) is 0 Å². The van der Waals surface area contributed by atoms with E-state index in [1.165, 1.54) is 10.8 Å². The third-order valence-corrected chi connectivity index (χ3v) is 5.67. The van der Waals surface area contributed by atoms with E-state index in [2.05, 4.69) is 62.0 Å². The van der Waals surface area contributed by atoms with Gasteiger partial charge in [0.25, 0.3) is 0 Å². The lowest BCUT2D eigenvalue weighted by molar-refractivity contribution is 0.463. The molecule has 3 aromatic carbocycles. The molecule has 0 unspecified atom stereocenters. The molecular weight excluding hydrogens is 408 g/mol. The maximum Gasteiger partial charge on any atom is 0.234 e. The summed E-state index contributed by atoms with van der Waals surface area (Å²) in [5, 5.41) is 2.34. The molecule has 0 amide bonds. The molecule has 0 atom stereocenters. The largest absolute Gasteiger partial charge is 0.439 e. The van der Waals surface area contributed by atoms with Crippen LogP contribution in [0, 0.1) is 6.92 Å². The Morgan fingerprint density at radius 3 is 2.30 bits per heavy atom. The Kier molecular flexibility index (Phi) is 4.58. The van der Waals surface area contributed by atoms with Crippen LogP contribution in [0.15, 0.2) is 104 Å². The topological polar surface area (TPSA) is 52.8 Å². The van der Waals surface area contributed by atoms with Gasteiger partial charge in [0.1, 0.15) is 5.75 Å². The standard InChI is InChI=1S/C28H20N4O/c1-19-17-30-28(31-18-19)32-25-10-3-2-9-23(25)24-13-12-21(16-26(24)32)20-7-6-8-22(15-20)33-27-11-4-5-14-29-27/h2-18H,1H3. The molecule has 3 aromatic heterocycles. The number of fused-ring (bicyclic) bond motifs is 3. The van der Waals surface area contributed by atoms with Crippen LogP contribution >= 0.6 is 0 Å². The number of para-hydroxylation sites is 1. The monoisotopic (exact) mass is 428 g/mol. The third-order valence-electron chi connectivity index (χ3n) is 5.67. The first-order valence-corrected chi connectivity index (χ1v) is 10.8. The van der Waals surface area contributed by atoms with Gasteiger partial charge in [-0.3, -0.25) is 4.57 Å². The smallest absolute Gasteiger partial charge is 0.234 e. The van der Waals surface area contributed by atoms with Crippen molar-refractivity contribution in [3.05, 3.63) is 109 Å². The van der Waals surface area contributed by atoms with Crippen molar-refractivity contribution in [2.45, 2.75) is 6.92 Å². The summed E-state index contributed by atoms with van der Waals surface area (Å²) in [7, 11) is 0. The van der Waals surface area contributed by atoms with E-state index in [1.807, 2.05) is 61.8 Å². The van der Waals surface area contributed by atoms with E-state index in [0.717, 1.165) is 33.5 Å². The lowest BCUT2D eigenvalue weighted by Gasteiger charge is -2.09. The number of benzene rings is 3. The molecule has 0 saturated carbocycles. The Balaban J connectivity index is 1.50. The highest BCUT2D eigenvalue weighted by molar-refractivity contribution is 6.09. The van der Waals surface area contributed by atoms with Crippen LogP contribution in [0.1, 0.15) is 5.56 Å². The normalized spacial score (nSPS) is 11.2. The first kappa shape index (κ1) is 19.2. The van der Waals surface area contributed by atoms with Crippen molar-refractivity contribution >= 4 is 21.8 Å². The van der Waals surface area contributed by atoms with Gasteiger partial charge < -0.3 is 4.74 Å². The van der Waals surface area contributed by atoms with Gasteiger partial charge in [-0.05, 0) is 53.9 Å². The Morgan fingerprint density at radius 1 is 0.667 bits per heavy atom. The number of hydrogen-bond donors (Lipinski definition) is 0. The number of aryl methyl sites for hydroxylation is 1. The minimum Gasteiger partial charge on any atom is -0.439 e. The van der Waals surface area contributed by atoms with Crippen LogP contribution in [0.5, 0.6) is 11.6 Å². The Hall–Kier alpha value is -4.51. The van der Waals surface area contributed by atoms with Gasteiger partial charge in [-0.1, -0.05) is 48.5 Å². The fraction of sp³-hybridized carbons (Fsp3) is 0.0357. The Labute approximate surface area is 191 Å². The number of aromatic nitrogens is 4. The van der Waals surface area contributed by atoms with Gasteiger partial charge in [0.15, 0.2) is 0 Å². The summed E-state index contributed by atoms with van der Waals surface area (Å²) >= 11 is 0. The second-order valence-corrected chi connectivity index (χ2v) is 7.94. The molecule has 158 valence electrons. The number of rotatable bonds is 4. The number of ether oxygens (including phenoxy) is 1. The molecule has 0 saturated heterocycles. The van der Waals surface area contributed by atoms with Gasteiger partial charge in [0.2, 0.25) is 11.8 Å². The number of hydrogen-bond acceptors (Lipinski definition) is 4. The van der Waals surface area contributed by atoms with Crippen LogP contribution in [-0.2, 0) is 0 Å². The average Bonchev–Trinajstić information content (AvgIpc) is 3.19. The molecule has 33 heavy (non-hydrogen) atoms. The van der Waals surface area contributed by atoms with E-state index < -0.39 is 0 Å². The van der Waals surface area contributed by atoms with E-state index in [1.54, 1.807) is 6.20 Å². The van der Waals surface area contributed by atoms with E-state index in [0.29, 0.717) is 11.8 Å². The number of nitrogens with zero attached hydrogens (tertiary/aromatic N) is 4. The zero-order valence-corrected chi connectivity index (χ0v) is 18.0. The van der Waals surface area contributed by atoms with Gasteiger partial charge in [-0.25, -0.2) is 15.0 Å². The van der Waals surface area contributed by atoms with Gasteiger partial charge in [-0.15, -0.1) is 0 Å². The third kappa shape index (κ3) is 3.49. The van der Waals surface area contributed by atoms with Crippen LogP contribution in [0.3, 0.4) is 0 Å². The van der Waals surface area contributed by atoms with Gasteiger partial charge in [0.05, 0.1) is 11.0 Å². The van der Waals surface area contributed by atoms with E-state index in [4.69, 9.17) is 4.74 Å². The molecule has 5 nitrogen and oxygen atoms in total. The summed E-state index contributed by atoms with van der Waals surface area (Å²) in [5.41, 5.74) is 5.33. The molecule has 0 aliphatic heterocycles. The fourth-order valence-corrected chi connectivity index (χ4v) is 4.13. The molecule has 6 rings (SSSR count). The minimum atomic E-state index is 0.571. The Bertz CT molecular complexity index is 1590. The summed E-state index contributed by atoms with van der Waals surface area (Å²) < 4.78 is 8.07. The summed E-state index contributed by atoms with van der Waals surface area (Å²) in [5.74, 6) is 1.98. The summed E-state index contributed by atoms with van der Waals surface area (Å²) in [4.78, 5) is 13.5. The molecule has 0 aliphatic rings. The molecule has 0 fully saturated rings. The SMILES string of the molecule is Cc1cnc(-n2c3ccccc3c3ccc(-c4cccc(Oc5ccccn5)c4)cc32)nc1.